The maximum Gasteiger partial charge on any atom is 0.326 e. The molecule has 1 atom stereocenters. The van der Waals surface area contributed by atoms with Crippen molar-refractivity contribution in [2.75, 3.05) is 16.8 Å². The van der Waals surface area contributed by atoms with Crippen LogP contribution in [0.15, 0.2) is 66.9 Å². The first kappa shape index (κ1) is 21.3. The van der Waals surface area contributed by atoms with Crippen molar-refractivity contribution in [3.63, 3.8) is 0 Å². The highest BCUT2D eigenvalue weighted by Crippen LogP contribution is 2.56. The first-order valence-corrected chi connectivity index (χ1v) is 12.2. The number of carbonyl (C=O) groups is 2. The monoisotopic (exact) mass is 498 g/mol. The molecule has 0 bridgehead atoms. The second-order valence-electron chi connectivity index (χ2n) is 9.67. The molecule has 1 spiro atoms. The van der Waals surface area contributed by atoms with Crippen molar-refractivity contribution in [1.29, 1.82) is 0 Å². The Morgan fingerprint density at radius 1 is 1.14 bits per heavy atom. The van der Waals surface area contributed by atoms with E-state index in [0.717, 1.165) is 18.5 Å². The molecule has 1 unspecified atom stereocenters. The van der Waals surface area contributed by atoms with Crippen LogP contribution in [-0.4, -0.2) is 23.5 Å². The highest BCUT2D eigenvalue weighted by atomic mass is 35.5. The lowest BCUT2D eigenvalue weighted by Gasteiger charge is -2.22. The minimum atomic E-state index is -0.726. The van der Waals surface area contributed by atoms with Crippen LogP contribution in [0.2, 0.25) is 5.02 Å². The predicted octanol–water partition coefficient (Wildman–Crippen LogP) is 5.94. The maximum absolute atomic E-state index is 14.2. The summed E-state index contributed by atoms with van der Waals surface area (Å²) in [5, 5.41) is 6.97. The quantitative estimate of drug-likeness (QED) is 0.359. The number of nitrogens with zero attached hydrogens (tertiary/aromatic N) is 2. The number of hydrogen-bond acceptors (Lipinski definition) is 3. The van der Waals surface area contributed by atoms with Crippen LogP contribution in [0.3, 0.4) is 0 Å². The Balaban J connectivity index is 1.36. The van der Waals surface area contributed by atoms with Crippen molar-refractivity contribution in [3.8, 4) is 0 Å². The van der Waals surface area contributed by atoms with E-state index in [4.69, 9.17) is 11.6 Å². The number of benzene rings is 3. The smallest absolute Gasteiger partial charge is 0.326 e. The average molecular weight is 499 g/mol. The minimum absolute atomic E-state index is 0.0377. The molecular weight excluding hydrogens is 479 g/mol. The van der Waals surface area contributed by atoms with Crippen molar-refractivity contribution in [2.24, 2.45) is 0 Å². The molecule has 178 valence electrons. The van der Waals surface area contributed by atoms with Gasteiger partial charge in [-0.3, -0.25) is 14.7 Å². The summed E-state index contributed by atoms with van der Waals surface area (Å²) in [5.41, 5.74) is 4.54. The van der Waals surface area contributed by atoms with Crippen LogP contribution >= 0.6 is 11.6 Å². The Hall–Kier alpha value is -3.97. The molecule has 0 radical (unpaired) electrons. The summed E-state index contributed by atoms with van der Waals surface area (Å²) in [6, 6.07) is 16.4. The van der Waals surface area contributed by atoms with Gasteiger partial charge in [0.25, 0.3) is 5.91 Å². The largest absolute Gasteiger partial charge is 0.341 e. The number of fused-ring (bicyclic) bond motifs is 5. The van der Waals surface area contributed by atoms with Gasteiger partial charge in [0.15, 0.2) is 0 Å². The lowest BCUT2D eigenvalue weighted by molar-refractivity contribution is 0.0962. The molecule has 8 heteroatoms. The number of aromatic nitrogens is 1. The van der Waals surface area contributed by atoms with Gasteiger partial charge in [0.2, 0.25) is 0 Å². The normalized spacial score (nSPS) is 18.8. The summed E-state index contributed by atoms with van der Waals surface area (Å²) in [6.45, 7) is 0.614. The number of urea groups is 1. The number of rotatable bonds is 2. The Kier molecular flexibility index (Phi) is 4.45. The fourth-order valence-corrected chi connectivity index (χ4v) is 5.93. The number of para-hydroxylation sites is 1. The Labute approximate surface area is 211 Å². The van der Waals surface area contributed by atoms with Crippen LogP contribution in [0, 0.1) is 5.82 Å². The zero-order valence-corrected chi connectivity index (χ0v) is 19.8. The predicted molar refractivity (Wildman–Crippen MR) is 136 cm³/mol. The van der Waals surface area contributed by atoms with Crippen LogP contribution in [0.25, 0.3) is 10.9 Å². The number of amides is 3. The van der Waals surface area contributed by atoms with Gasteiger partial charge in [0.05, 0.1) is 22.8 Å². The molecule has 6 nitrogen and oxygen atoms in total. The van der Waals surface area contributed by atoms with E-state index in [0.29, 0.717) is 44.8 Å². The van der Waals surface area contributed by atoms with Gasteiger partial charge in [0, 0.05) is 45.4 Å². The summed E-state index contributed by atoms with van der Waals surface area (Å²) >= 11 is 6.44. The van der Waals surface area contributed by atoms with Gasteiger partial charge >= 0.3 is 6.03 Å². The zero-order chi connectivity index (χ0) is 24.6. The molecule has 2 N–H and O–H groups in total. The van der Waals surface area contributed by atoms with Crippen LogP contribution in [-0.2, 0) is 5.41 Å². The molecule has 1 saturated carbocycles. The third kappa shape index (κ3) is 3.05. The fraction of sp³-hybridized carbons (Fsp3) is 0.179. The Morgan fingerprint density at radius 2 is 1.97 bits per heavy atom. The van der Waals surface area contributed by atoms with Gasteiger partial charge in [-0.1, -0.05) is 35.9 Å². The van der Waals surface area contributed by atoms with E-state index in [1.54, 1.807) is 23.2 Å². The van der Waals surface area contributed by atoms with Crippen LogP contribution in [0.5, 0.6) is 0 Å². The maximum atomic E-state index is 14.2. The average Bonchev–Trinajstić information content (AvgIpc) is 3.48. The van der Waals surface area contributed by atoms with Crippen LogP contribution < -0.4 is 15.5 Å². The van der Waals surface area contributed by atoms with E-state index in [2.05, 4.69) is 21.7 Å². The minimum Gasteiger partial charge on any atom is -0.341 e. The molecule has 1 aromatic heterocycles. The first-order valence-electron chi connectivity index (χ1n) is 11.8. The lowest BCUT2D eigenvalue weighted by Crippen LogP contribution is -2.35. The van der Waals surface area contributed by atoms with Gasteiger partial charge in [-0.05, 0) is 54.8 Å². The summed E-state index contributed by atoms with van der Waals surface area (Å²) < 4.78 is 14.2. The molecule has 1 aliphatic carbocycles. The Bertz CT molecular complexity index is 1620. The number of carbonyl (C=O) groups excluding carboxylic acids is 2. The molecule has 7 rings (SSSR count). The molecule has 3 heterocycles. The number of halogens is 2. The molecule has 0 saturated heterocycles. The zero-order valence-electron chi connectivity index (χ0n) is 19.0. The molecule has 3 amide bonds. The fourth-order valence-electron chi connectivity index (χ4n) is 5.70. The third-order valence-corrected chi connectivity index (χ3v) is 7.92. The molecule has 2 aliphatic heterocycles. The molecular formula is C28H20ClFN4O2. The lowest BCUT2D eigenvalue weighted by atomic mass is 9.93. The number of anilines is 2. The van der Waals surface area contributed by atoms with Crippen molar-refractivity contribution < 1.29 is 14.0 Å². The third-order valence-electron chi connectivity index (χ3n) is 7.58. The molecule has 4 aromatic rings. The van der Waals surface area contributed by atoms with E-state index >= 15 is 0 Å². The molecule has 3 aliphatic rings. The van der Waals surface area contributed by atoms with E-state index in [9.17, 15) is 14.0 Å². The van der Waals surface area contributed by atoms with Crippen molar-refractivity contribution in [2.45, 2.75) is 24.3 Å². The van der Waals surface area contributed by atoms with Crippen LogP contribution in [0.4, 0.5) is 20.6 Å². The first-order chi connectivity index (χ1) is 17.4. The molecule has 36 heavy (non-hydrogen) atoms. The number of hydrogen-bond donors (Lipinski definition) is 2. The number of nitrogens with one attached hydrogen (secondary N) is 2. The van der Waals surface area contributed by atoms with E-state index in [1.807, 2.05) is 24.3 Å². The van der Waals surface area contributed by atoms with Crippen molar-refractivity contribution in [1.82, 2.24) is 10.3 Å². The highest BCUT2D eigenvalue weighted by molar-refractivity contribution is 6.31. The van der Waals surface area contributed by atoms with Gasteiger partial charge in [-0.25, -0.2) is 9.18 Å². The van der Waals surface area contributed by atoms with Gasteiger partial charge < -0.3 is 10.6 Å². The van der Waals surface area contributed by atoms with Gasteiger partial charge in [-0.15, -0.1) is 0 Å². The summed E-state index contributed by atoms with van der Waals surface area (Å²) in [4.78, 5) is 33.1. The highest BCUT2D eigenvalue weighted by Gasteiger charge is 2.53. The van der Waals surface area contributed by atoms with Gasteiger partial charge in [-0.2, -0.15) is 0 Å². The SMILES string of the molecule is O=C1NC(c2cc(F)ccc2Cl)c2c(NC(=O)N3CC4(CC4)c4ccccc43)cc3ncccc3c21. The number of pyridine rings is 1. The standard InChI is InChI=1S/C28H20ClFN4O2/c29-19-8-7-15(30)12-17(19)25-24-21(13-20-16(4-3-11-31-20)23(24)26(35)33-25)32-27(36)34-14-28(9-10-28)18-5-1-2-6-22(18)34/h1-8,11-13,25H,9-10,14H2,(H,32,36)(H,33,35). The topological polar surface area (TPSA) is 74.3 Å². The summed E-state index contributed by atoms with van der Waals surface area (Å²) in [5.74, 6) is -0.790. The van der Waals surface area contributed by atoms with E-state index in [1.165, 1.54) is 23.8 Å². The van der Waals surface area contributed by atoms with E-state index in [-0.39, 0.29) is 17.4 Å². The Morgan fingerprint density at radius 3 is 2.81 bits per heavy atom. The van der Waals surface area contributed by atoms with Crippen molar-refractivity contribution in [3.05, 3.63) is 100.0 Å². The second-order valence-corrected chi connectivity index (χ2v) is 10.1. The van der Waals surface area contributed by atoms with Crippen molar-refractivity contribution >= 4 is 45.8 Å². The second kappa shape index (κ2) is 7.51. The summed E-state index contributed by atoms with van der Waals surface area (Å²) in [7, 11) is 0. The molecule has 3 aromatic carbocycles. The molecule has 1 fully saturated rings. The van der Waals surface area contributed by atoms with Crippen LogP contribution in [0.1, 0.15) is 45.9 Å². The summed E-state index contributed by atoms with van der Waals surface area (Å²) in [6.07, 6.45) is 3.75. The van der Waals surface area contributed by atoms with Gasteiger partial charge in [0.1, 0.15) is 5.82 Å². The van der Waals surface area contributed by atoms with E-state index < -0.39 is 11.9 Å².